The van der Waals surface area contributed by atoms with Gasteiger partial charge in [-0.25, -0.2) is 15.7 Å². The van der Waals surface area contributed by atoms with E-state index in [0.29, 0.717) is 28.0 Å². The normalized spacial score (nSPS) is 11.1. The van der Waals surface area contributed by atoms with Crippen LogP contribution in [-0.4, -0.2) is 20.7 Å². The SMILES string of the molecule is Cc1oc(CSc2n[nH]c(=O)n2C(C)C)cc1C(=O)NN. The Kier molecular flexibility index (Phi) is 4.53. The summed E-state index contributed by atoms with van der Waals surface area (Å²) in [6, 6.07) is 1.64. The molecule has 114 valence electrons. The molecule has 0 aliphatic rings. The number of nitrogen functional groups attached to an aromatic ring is 1. The highest BCUT2D eigenvalue weighted by Gasteiger charge is 2.16. The van der Waals surface area contributed by atoms with Crippen LogP contribution in [0.25, 0.3) is 0 Å². The van der Waals surface area contributed by atoms with E-state index >= 15 is 0 Å². The summed E-state index contributed by atoms with van der Waals surface area (Å²) in [5.74, 6) is 6.27. The molecule has 9 heteroatoms. The molecule has 2 aromatic rings. The molecule has 4 N–H and O–H groups in total. The molecule has 0 fully saturated rings. The summed E-state index contributed by atoms with van der Waals surface area (Å²) in [5, 5.41) is 6.98. The van der Waals surface area contributed by atoms with Gasteiger partial charge in [0, 0.05) is 6.04 Å². The average molecular weight is 311 g/mol. The van der Waals surface area contributed by atoms with Crippen molar-refractivity contribution >= 4 is 17.7 Å². The number of carbonyl (C=O) groups is 1. The Hall–Kier alpha value is -2.00. The van der Waals surface area contributed by atoms with Crippen molar-refractivity contribution in [2.24, 2.45) is 5.84 Å². The first-order valence-electron chi connectivity index (χ1n) is 6.34. The molecule has 2 heterocycles. The number of nitrogens with two attached hydrogens (primary N) is 1. The van der Waals surface area contributed by atoms with E-state index in [-0.39, 0.29) is 11.7 Å². The quantitative estimate of drug-likeness (QED) is 0.327. The van der Waals surface area contributed by atoms with Gasteiger partial charge in [0.2, 0.25) is 0 Å². The molecule has 2 aromatic heterocycles. The average Bonchev–Trinajstić information content (AvgIpc) is 2.98. The van der Waals surface area contributed by atoms with Crippen LogP contribution < -0.4 is 17.0 Å². The molecule has 0 atom stereocenters. The molecule has 0 aliphatic heterocycles. The molecule has 0 saturated carbocycles. The van der Waals surface area contributed by atoms with Gasteiger partial charge in [-0.2, -0.15) is 0 Å². The minimum absolute atomic E-state index is 0.00988. The zero-order valence-corrected chi connectivity index (χ0v) is 12.8. The number of aromatic nitrogens is 3. The second-order valence-corrected chi connectivity index (χ2v) is 5.66. The highest BCUT2D eigenvalue weighted by molar-refractivity contribution is 7.98. The molecule has 21 heavy (non-hydrogen) atoms. The van der Waals surface area contributed by atoms with Gasteiger partial charge in [-0.1, -0.05) is 11.8 Å². The summed E-state index contributed by atoms with van der Waals surface area (Å²) in [5.41, 5.74) is 2.22. The molecule has 1 amide bonds. The van der Waals surface area contributed by atoms with E-state index in [1.165, 1.54) is 11.8 Å². The maximum absolute atomic E-state index is 11.6. The summed E-state index contributed by atoms with van der Waals surface area (Å²) in [7, 11) is 0. The van der Waals surface area contributed by atoms with Crippen molar-refractivity contribution in [2.45, 2.75) is 37.7 Å². The second kappa shape index (κ2) is 6.19. The van der Waals surface area contributed by atoms with Crippen molar-refractivity contribution in [3.05, 3.63) is 33.6 Å². The van der Waals surface area contributed by atoms with Crippen LogP contribution in [0.4, 0.5) is 0 Å². The number of thioether (sulfide) groups is 1. The Morgan fingerprint density at radius 1 is 1.62 bits per heavy atom. The van der Waals surface area contributed by atoms with Gasteiger partial charge < -0.3 is 4.42 Å². The minimum atomic E-state index is -0.397. The van der Waals surface area contributed by atoms with Crippen LogP contribution in [0.15, 0.2) is 20.4 Å². The van der Waals surface area contributed by atoms with Crippen molar-refractivity contribution in [3.8, 4) is 0 Å². The second-order valence-electron chi connectivity index (χ2n) is 4.72. The Labute approximate surface area is 125 Å². The number of nitrogens with zero attached hydrogens (tertiary/aromatic N) is 2. The van der Waals surface area contributed by atoms with Crippen molar-refractivity contribution in [3.63, 3.8) is 0 Å². The lowest BCUT2D eigenvalue weighted by molar-refractivity contribution is 0.0952. The number of furan rings is 1. The van der Waals surface area contributed by atoms with Gasteiger partial charge in [-0.05, 0) is 26.8 Å². The predicted octanol–water partition coefficient (Wildman–Crippen LogP) is 0.950. The van der Waals surface area contributed by atoms with E-state index in [0.717, 1.165) is 0 Å². The summed E-state index contributed by atoms with van der Waals surface area (Å²) < 4.78 is 7.07. The van der Waals surface area contributed by atoms with Gasteiger partial charge >= 0.3 is 5.69 Å². The van der Waals surface area contributed by atoms with Crippen molar-refractivity contribution in [1.82, 2.24) is 20.2 Å². The molecule has 0 aromatic carbocycles. The third-order valence-electron chi connectivity index (χ3n) is 2.88. The number of H-pyrrole nitrogens is 1. The van der Waals surface area contributed by atoms with Crippen LogP contribution in [0.5, 0.6) is 0 Å². The van der Waals surface area contributed by atoms with E-state index < -0.39 is 5.91 Å². The summed E-state index contributed by atoms with van der Waals surface area (Å²) in [6.07, 6.45) is 0. The van der Waals surface area contributed by atoms with Gasteiger partial charge in [0.05, 0.1) is 11.3 Å². The summed E-state index contributed by atoms with van der Waals surface area (Å²) >= 11 is 1.35. The van der Waals surface area contributed by atoms with Gasteiger partial charge in [0.25, 0.3) is 5.91 Å². The van der Waals surface area contributed by atoms with Crippen LogP contribution in [0.3, 0.4) is 0 Å². The fourth-order valence-corrected chi connectivity index (χ4v) is 2.86. The highest BCUT2D eigenvalue weighted by atomic mass is 32.2. The Morgan fingerprint density at radius 2 is 2.33 bits per heavy atom. The van der Waals surface area contributed by atoms with Crippen molar-refractivity contribution in [2.75, 3.05) is 0 Å². The van der Waals surface area contributed by atoms with Crippen LogP contribution in [0.1, 0.15) is 41.8 Å². The maximum atomic E-state index is 11.6. The van der Waals surface area contributed by atoms with Crippen LogP contribution in [0.2, 0.25) is 0 Å². The fraction of sp³-hybridized carbons (Fsp3) is 0.417. The molecular weight excluding hydrogens is 294 g/mol. The van der Waals surface area contributed by atoms with Crippen LogP contribution >= 0.6 is 11.8 Å². The fourth-order valence-electron chi connectivity index (χ4n) is 1.90. The lowest BCUT2D eigenvalue weighted by Gasteiger charge is -2.07. The number of aromatic amines is 1. The number of rotatable bonds is 5. The molecule has 0 radical (unpaired) electrons. The minimum Gasteiger partial charge on any atom is -0.465 e. The number of hydrogen-bond donors (Lipinski definition) is 3. The Balaban J connectivity index is 2.14. The van der Waals surface area contributed by atoms with E-state index in [4.69, 9.17) is 10.3 Å². The molecule has 0 spiro atoms. The molecule has 2 rings (SSSR count). The molecular formula is C12H17N5O3S. The van der Waals surface area contributed by atoms with Crippen molar-refractivity contribution in [1.29, 1.82) is 0 Å². The number of aryl methyl sites for hydroxylation is 1. The molecule has 0 saturated heterocycles. The van der Waals surface area contributed by atoms with Gasteiger partial charge in [0.15, 0.2) is 5.16 Å². The van der Waals surface area contributed by atoms with E-state index in [2.05, 4.69) is 15.6 Å². The zero-order chi connectivity index (χ0) is 15.6. The van der Waals surface area contributed by atoms with Crippen molar-refractivity contribution < 1.29 is 9.21 Å². The van der Waals surface area contributed by atoms with Crippen LogP contribution in [0, 0.1) is 6.92 Å². The first kappa shape index (κ1) is 15.4. The predicted molar refractivity (Wildman–Crippen MR) is 77.9 cm³/mol. The Morgan fingerprint density at radius 3 is 2.95 bits per heavy atom. The standard InChI is InChI=1S/C12H17N5O3S/c1-6(2)17-11(19)15-16-12(17)21-5-8-4-9(7(3)20-8)10(18)14-13/h4,6H,5,13H2,1-3H3,(H,14,18)(H,15,19). The number of amides is 1. The molecule has 0 unspecified atom stereocenters. The largest absolute Gasteiger partial charge is 0.465 e. The zero-order valence-electron chi connectivity index (χ0n) is 12.0. The highest BCUT2D eigenvalue weighted by Crippen LogP contribution is 2.24. The van der Waals surface area contributed by atoms with E-state index in [1.54, 1.807) is 17.6 Å². The Bertz CT molecular complexity index is 700. The number of hydrogen-bond acceptors (Lipinski definition) is 6. The van der Waals surface area contributed by atoms with Gasteiger partial charge in [-0.15, -0.1) is 5.10 Å². The van der Waals surface area contributed by atoms with Gasteiger partial charge in [-0.3, -0.25) is 14.8 Å². The third-order valence-corrected chi connectivity index (χ3v) is 3.85. The molecule has 0 aliphatic carbocycles. The van der Waals surface area contributed by atoms with E-state index in [9.17, 15) is 9.59 Å². The number of hydrazine groups is 1. The summed E-state index contributed by atoms with van der Waals surface area (Å²) in [4.78, 5) is 23.1. The first-order chi connectivity index (χ1) is 9.93. The molecule has 8 nitrogen and oxygen atoms in total. The molecule has 0 bridgehead atoms. The number of nitrogens with one attached hydrogen (secondary N) is 2. The number of carbonyl (C=O) groups excluding carboxylic acids is 1. The lowest BCUT2D eigenvalue weighted by atomic mass is 10.2. The topological polar surface area (TPSA) is 119 Å². The monoisotopic (exact) mass is 311 g/mol. The summed E-state index contributed by atoms with van der Waals surface area (Å²) in [6.45, 7) is 5.50. The van der Waals surface area contributed by atoms with Gasteiger partial charge in [0.1, 0.15) is 11.5 Å². The lowest BCUT2D eigenvalue weighted by Crippen LogP contribution is -2.30. The third kappa shape index (κ3) is 3.19. The first-order valence-corrected chi connectivity index (χ1v) is 7.32. The smallest absolute Gasteiger partial charge is 0.344 e. The van der Waals surface area contributed by atoms with Crippen LogP contribution in [-0.2, 0) is 5.75 Å². The maximum Gasteiger partial charge on any atom is 0.344 e. The van der Waals surface area contributed by atoms with E-state index in [1.807, 2.05) is 13.8 Å².